The van der Waals surface area contributed by atoms with Gasteiger partial charge in [0.15, 0.2) is 0 Å². The molecule has 0 aliphatic rings. The molecule has 0 rings (SSSR count). The van der Waals surface area contributed by atoms with Crippen molar-refractivity contribution < 1.29 is 62.7 Å². The van der Waals surface area contributed by atoms with Crippen LogP contribution in [0.2, 0.25) is 0 Å². The van der Waals surface area contributed by atoms with Gasteiger partial charge in [-0.3, -0.25) is 0 Å². The number of carboxylic acids is 1. The Hall–Kier alpha value is -4.26. The van der Waals surface area contributed by atoms with Crippen LogP contribution in [0.5, 0.6) is 0 Å². The number of hydrogen-bond acceptors (Lipinski definition) is 12. The van der Waals surface area contributed by atoms with Crippen molar-refractivity contribution in [2.45, 2.75) is 13.8 Å². The van der Waals surface area contributed by atoms with Gasteiger partial charge < -0.3 is 33.9 Å². The maximum atomic E-state index is 11.0. The van der Waals surface area contributed by atoms with E-state index in [4.69, 9.17) is 10.2 Å². The third kappa shape index (κ3) is 32.0. The molecule has 0 aromatic rings. The molecule has 0 aliphatic carbocycles. The van der Waals surface area contributed by atoms with E-state index in [1.807, 2.05) is 0 Å². The van der Waals surface area contributed by atoms with E-state index >= 15 is 0 Å². The number of aliphatic hydroxyl groups is 1. The molecule has 0 amide bonds. The van der Waals surface area contributed by atoms with E-state index in [1.165, 1.54) is 0 Å². The van der Waals surface area contributed by atoms with Gasteiger partial charge in [0.05, 0.1) is 19.8 Å². The van der Waals surface area contributed by atoms with Crippen LogP contribution >= 0.6 is 0 Å². The molecule has 0 aromatic heterocycles. The van der Waals surface area contributed by atoms with Crippen molar-refractivity contribution in [1.29, 1.82) is 0 Å². The predicted octanol–water partition coefficient (Wildman–Crippen LogP) is 0.276. The molecule has 0 spiro atoms. The summed E-state index contributed by atoms with van der Waals surface area (Å²) in [6, 6.07) is 0. The number of hydrogen-bond donors (Lipinski definition) is 2. The molecule has 0 saturated carbocycles. The molecule has 0 saturated heterocycles. The smallest absolute Gasteiger partial charge is 0.331 e. The molecule has 13 heteroatoms. The highest BCUT2D eigenvalue weighted by atomic mass is 16.6. The normalized spacial score (nSPS) is 9.34. The summed E-state index contributed by atoms with van der Waals surface area (Å²) in [6.07, 6.45) is 5.55. The number of aliphatic hydroxyl groups excluding tert-OH is 1. The highest BCUT2D eigenvalue weighted by Gasteiger charge is 2.01. The summed E-state index contributed by atoms with van der Waals surface area (Å²) in [5.41, 5.74) is 0. The third-order valence-corrected chi connectivity index (χ3v) is 2.53. The zero-order valence-electron chi connectivity index (χ0n) is 19.5. The fourth-order valence-corrected chi connectivity index (χ4v) is 1.25. The van der Waals surface area contributed by atoms with Gasteiger partial charge in [0, 0.05) is 36.5 Å². The fraction of sp³-hybridized carbons (Fsp3) is 0.364. The zero-order valence-corrected chi connectivity index (χ0v) is 19.5. The van der Waals surface area contributed by atoms with Crippen molar-refractivity contribution in [2.24, 2.45) is 0 Å². The monoisotopic (exact) mass is 502 g/mol. The van der Waals surface area contributed by atoms with Crippen molar-refractivity contribution in [3.63, 3.8) is 0 Å². The first-order valence-corrected chi connectivity index (χ1v) is 9.86. The lowest BCUT2D eigenvalue weighted by atomic mass is 10.5. The van der Waals surface area contributed by atoms with Crippen molar-refractivity contribution in [1.82, 2.24) is 0 Å². The molecule has 0 aliphatic heterocycles. The Labute approximate surface area is 202 Å². The van der Waals surface area contributed by atoms with Gasteiger partial charge >= 0.3 is 35.8 Å². The summed E-state index contributed by atoms with van der Waals surface area (Å²) >= 11 is 0. The van der Waals surface area contributed by atoms with E-state index < -0.39 is 35.8 Å². The van der Waals surface area contributed by atoms with Gasteiger partial charge in [0.2, 0.25) is 0 Å². The van der Waals surface area contributed by atoms with Crippen molar-refractivity contribution in [3.05, 3.63) is 49.6 Å². The molecule has 35 heavy (non-hydrogen) atoms. The van der Waals surface area contributed by atoms with E-state index in [1.54, 1.807) is 13.8 Å². The Bertz CT molecular complexity index is 750. The molecule has 2 N–H and O–H groups in total. The molecule has 0 atom stereocenters. The summed E-state index contributed by atoms with van der Waals surface area (Å²) in [7, 11) is 0. The standard InChI is InChI=1S/C11H14O6.C6H8O4.C5H8O3/c1-3-9(12)16-7-8-17-11(14)6-5-10(13)15-4-2;1-2-10-6(9)4-3-5(7)8;1-2-5(7)8-4-3-6/h3,5-6H,1,4,7-8H2,2H3;3-4H,2H2,1H3,(H,7,8);2,6H,1,3-4H2/b6-5+;4-3+;. The molecule has 0 radical (unpaired) electrons. The van der Waals surface area contributed by atoms with Gasteiger partial charge in [-0.05, 0) is 13.8 Å². The average molecular weight is 502 g/mol. The Morgan fingerprint density at radius 3 is 1.29 bits per heavy atom. The summed E-state index contributed by atoms with van der Waals surface area (Å²) in [4.78, 5) is 62.7. The minimum Gasteiger partial charge on any atom is -0.478 e. The molecule has 0 bridgehead atoms. The van der Waals surface area contributed by atoms with Crippen LogP contribution in [-0.4, -0.2) is 85.7 Å². The average Bonchev–Trinajstić information content (AvgIpc) is 2.83. The third-order valence-electron chi connectivity index (χ3n) is 2.53. The maximum Gasteiger partial charge on any atom is 0.331 e. The maximum absolute atomic E-state index is 11.0. The molecule has 0 fully saturated rings. The predicted molar refractivity (Wildman–Crippen MR) is 120 cm³/mol. The number of carboxylic acid groups (broad SMARTS) is 1. The molecule has 0 unspecified atom stereocenters. The summed E-state index contributed by atoms with van der Waals surface area (Å²) in [5, 5.41) is 16.1. The first-order chi connectivity index (χ1) is 16.6. The van der Waals surface area contributed by atoms with Crippen LogP contribution in [0.1, 0.15) is 13.8 Å². The SMILES string of the molecule is C=CC(=O)OCCO.C=CC(=O)OCCOC(=O)/C=C/C(=O)OCC.CCOC(=O)/C=C/C(=O)O. The van der Waals surface area contributed by atoms with Crippen LogP contribution < -0.4 is 0 Å². The van der Waals surface area contributed by atoms with E-state index in [0.717, 1.165) is 36.5 Å². The van der Waals surface area contributed by atoms with Gasteiger partial charge in [-0.1, -0.05) is 13.2 Å². The van der Waals surface area contributed by atoms with Crippen LogP contribution in [0.3, 0.4) is 0 Å². The molecular weight excluding hydrogens is 472 g/mol. The van der Waals surface area contributed by atoms with Crippen LogP contribution in [0.4, 0.5) is 0 Å². The molecule has 0 heterocycles. The van der Waals surface area contributed by atoms with Gasteiger partial charge in [0.1, 0.15) is 19.8 Å². The number of aliphatic carboxylic acids is 1. The largest absolute Gasteiger partial charge is 0.478 e. The van der Waals surface area contributed by atoms with Gasteiger partial charge in [-0.25, -0.2) is 28.8 Å². The second kappa shape index (κ2) is 26.0. The number of esters is 5. The molecule has 196 valence electrons. The number of carbonyl (C=O) groups is 6. The van der Waals surface area contributed by atoms with Crippen LogP contribution in [0, 0.1) is 0 Å². The lowest BCUT2D eigenvalue weighted by Gasteiger charge is -2.02. The summed E-state index contributed by atoms with van der Waals surface area (Å²) in [5.74, 6) is -4.23. The fourth-order valence-electron chi connectivity index (χ4n) is 1.25. The van der Waals surface area contributed by atoms with E-state index in [-0.39, 0.29) is 39.6 Å². The van der Waals surface area contributed by atoms with Crippen molar-refractivity contribution in [2.75, 3.05) is 39.6 Å². The van der Waals surface area contributed by atoms with E-state index in [2.05, 4.69) is 36.8 Å². The zero-order chi connectivity index (χ0) is 27.5. The van der Waals surface area contributed by atoms with Crippen LogP contribution in [0.25, 0.3) is 0 Å². The first kappa shape index (κ1) is 35.3. The number of carbonyl (C=O) groups excluding carboxylic acids is 5. The Balaban J connectivity index is -0.000000483. The summed E-state index contributed by atoms with van der Waals surface area (Å²) in [6.45, 7) is 9.88. The second-order valence-corrected chi connectivity index (χ2v) is 5.14. The number of rotatable bonds is 13. The highest BCUT2D eigenvalue weighted by molar-refractivity contribution is 5.91. The Kier molecular flexibility index (Phi) is 26.2. The van der Waals surface area contributed by atoms with Gasteiger partial charge in [0.25, 0.3) is 0 Å². The van der Waals surface area contributed by atoms with E-state index in [0.29, 0.717) is 0 Å². The number of ether oxygens (including phenoxy) is 5. The van der Waals surface area contributed by atoms with Crippen LogP contribution in [-0.2, 0) is 52.5 Å². The molecular formula is C22H30O13. The summed E-state index contributed by atoms with van der Waals surface area (Å²) < 4.78 is 22.5. The second-order valence-electron chi connectivity index (χ2n) is 5.14. The lowest BCUT2D eigenvalue weighted by molar-refractivity contribution is -0.146. The highest BCUT2D eigenvalue weighted by Crippen LogP contribution is 1.87. The first-order valence-electron chi connectivity index (χ1n) is 9.86. The quantitative estimate of drug-likeness (QED) is 0.151. The Morgan fingerprint density at radius 1 is 0.600 bits per heavy atom. The van der Waals surface area contributed by atoms with Gasteiger partial charge in [-0.2, -0.15) is 0 Å². The topological polar surface area (TPSA) is 189 Å². The van der Waals surface area contributed by atoms with E-state index in [9.17, 15) is 28.8 Å². The van der Waals surface area contributed by atoms with Crippen molar-refractivity contribution in [3.8, 4) is 0 Å². The molecule has 0 aromatic carbocycles. The van der Waals surface area contributed by atoms with Gasteiger partial charge in [-0.15, -0.1) is 0 Å². The Morgan fingerprint density at radius 2 is 0.943 bits per heavy atom. The lowest BCUT2D eigenvalue weighted by Crippen LogP contribution is -2.11. The minimum absolute atomic E-state index is 0.0465. The minimum atomic E-state index is -1.16. The molecule has 13 nitrogen and oxygen atoms in total. The van der Waals surface area contributed by atoms with Crippen LogP contribution in [0.15, 0.2) is 49.6 Å². The van der Waals surface area contributed by atoms with Crippen molar-refractivity contribution >= 4 is 35.8 Å².